The van der Waals surface area contributed by atoms with Crippen LogP contribution in [0.3, 0.4) is 0 Å². The fraction of sp³-hybridized carbons (Fsp3) is 0.533. The van der Waals surface area contributed by atoms with Crippen LogP contribution in [0.4, 0.5) is 0 Å². The zero-order valence-corrected chi connectivity index (χ0v) is 11.4. The maximum atomic E-state index is 12.2. The second-order valence-corrected chi connectivity index (χ2v) is 5.42. The number of benzene rings is 1. The molecule has 1 aliphatic heterocycles. The van der Waals surface area contributed by atoms with Gasteiger partial charge in [0.25, 0.3) is 0 Å². The van der Waals surface area contributed by atoms with Crippen molar-refractivity contribution in [1.82, 2.24) is 10.2 Å². The first-order chi connectivity index (χ1) is 8.59. The van der Waals surface area contributed by atoms with Gasteiger partial charge in [-0.05, 0) is 24.8 Å². The predicted molar refractivity (Wildman–Crippen MR) is 72.9 cm³/mol. The maximum absolute atomic E-state index is 12.2. The van der Waals surface area contributed by atoms with Crippen LogP contribution in [0.5, 0.6) is 0 Å². The fourth-order valence-electron chi connectivity index (χ4n) is 2.32. The van der Waals surface area contributed by atoms with Gasteiger partial charge in [-0.15, -0.1) is 0 Å². The van der Waals surface area contributed by atoms with E-state index < -0.39 is 0 Å². The van der Waals surface area contributed by atoms with Crippen molar-refractivity contribution < 1.29 is 4.79 Å². The van der Waals surface area contributed by atoms with Gasteiger partial charge in [0.05, 0.1) is 6.04 Å². The van der Waals surface area contributed by atoms with Crippen LogP contribution in [0.15, 0.2) is 30.3 Å². The van der Waals surface area contributed by atoms with Crippen molar-refractivity contribution in [2.45, 2.75) is 39.4 Å². The van der Waals surface area contributed by atoms with E-state index in [4.69, 9.17) is 0 Å². The smallest absolute Gasteiger partial charge is 0.241 e. The molecule has 3 heteroatoms. The van der Waals surface area contributed by atoms with Gasteiger partial charge in [0.2, 0.25) is 5.91 Å². The maximum Gasteiger partial charge on any atom is 0.241 e. The molecule has 0 aromatic heterocycles. The molecule has 2 unspecified atom stereocenters. The van der Waals surface area contributed by atoms with E-state index in [1.54, 1.807) is 0 Å². The zero-order chi connectivity index (χ0) is 13.1. The summed E-state index contributed by atoms with van der Waals surface area (Å²) in [5.74, 6) is 0.828. The topological polar surface area (TPSA) is 32.3 Å². The van der Waals surface area contributed by atoms with Crippen LogP contribution in [-0.4, -0.2) is 23.4 Å². The monoisotopic (exact) mass is 246 g/mol. The van der Waals surface area contributed by atoms with E-state index in [0.717, 1.165) is 13.0 Å². The number of amides is 1. The summed E-state index contributed by atoms with van der Waals surface area (Å²) in [6, 6.07) is 10.1. The Hall–Kier alpha value is -1.35. The molecule has 2 rings (SSSR count). The molecule has 18 heavy (non-hydrogen) atoms. The number of nitrogens with one attached hydrogen (secondary N) is 1. The summed E-state index contributed by atoms with van der Waals surface area (Å²) < 4.78 is 0. The van der Waals surface area contributed by atoms with Crippen LogP contribution in [0.1, 0.15) is 38.9 Å². The van der Waals surface area contributed by atoms with E-state index in [1.165, 1.54) is 5.56 Å². The van der Waals surface area contributed by atoms with E-state index in [9.17, 15) is 4.79 Å². The molecule has 1 aromatic carbocycles. The lowest BCUT2D eigenvalue weighted by Gasteiger charge is -2.25. The number of nitrogens with zero attached hydrogens (tertiary/aromatic N) is 1. The zero-order valence-electron chi connectivity index (χ0n) is 11.4. The van der Waals surface area contributed by atoms with Crippen LogP contribution in [0.2, 0.25) is 0 Å². The molecule has 0 bridgehead atoms. The normalized spacial score (nSPS) is 24.0. The molecule has 1 heterocycles. The van der Waals surface area contributed by atoms with Crippen molar-refractivity contribution in [3.63, 3.8) is 0 Å². The minimum absolute atomic E-state index is 0.0347. The number of carbonyl (C=O) groups excluding carboxylic acids is 1. The van der Waals surface area contributed by atoms with Crippen LogP contribution < -0.4 is 5.32 Å². The van der Waals surface area contributed by atoms with Gasteiger partial charge in [-0.3, -0.25) is 10.1 Å². The van der Waals surface area contributed by atoms with Crippen molar-refractivity contribution in [3.05, 3.63) is 35.9 Å². The van der Waals surface area contributed by atoms with Gasteiger partial charge in [0, 0.05) is 6.54 Å². The van der Waals surface area contributed by atoms with Crippen LogP contribution in [-0.2, 0) is 4.79 Å². The summed E-state index contributed by atoms with van der Waals surface area (Å²) in [7, 11) is 0. The van der Waals surface area contributed by atoms with Gasteiger partial charge < -0.3 is 4.90 Å². The highest BCUT2D eigenvalue weighted by Crippen LogP contribution is 2.25. The third-order valence-corrected chi connectivity index (χ3v) is 3.44. The van der Waals surface area contributed by atoms with E-state index in [1.807, 2.05) is 30.0 Å². The Morgan fingerprint density at radius 3 is 2.56 bits per heavy atom. The largest absolute Gasteiger partial charge is 0.322 e. The Morgan fingerprint density at radius 1 is 1.28 bits per heavy atom. The first kappa shape index (κ1) is 13.1. The van der Waals surface area contributed by atoms with Gasteiger partial charge in [-0.25, -0.2) is 0 Å². The SMILES string of the molecule is CC(C)CCN1C(=O)C(C)NC1c1ccccc1. The number of rotatable bonds is 4. The summed E-state index contributed by atoms with van der Waals surface area (Å²) in [5.41, 5.74) is 1.17. The van der Waals surface area contributed by atoms with Crippen molar-refractivity contribution in [2.75, 3.05) is 6.54 Å². The fourth-order valence-corrected chi connectivity index (χ4v) is 2.32. The molecule has 0 radical (unpaired) electrons. The van der Waals surface area contributed by atoms with E-state index in [0.29, 0.717) is 5.92 Å². The highest BCUT2D eigenvalue weighted by Gasteiger charge is 2.36. The lowest BCUT2D eigenvalue weighted by atomic mass is 10.1. The van der Waals surface area contributed by atoms with Crippen molar-refractivity contribution >= 4 is 5.91 Å². The van der Waals surface area contributed by atoms with Crippen LogP contribution in [0, 0.1) is 5.92 Å². The molecule has 1 aliphatic rings. The highest BCUT2D eigenvalue weighted by molar-refractivity contribution is 5.84. The van der Waals surface area contributed by atoms with Gasteiger partial charge >= 0.3 is 0 Å². The second-order valence-electron chi connectivity index (χ2n) is 5.42. The summed E-state index contributed by atoms with van der Waals surface area (Å²) >= 11 is 0. The highest BCUT2D eigenvalue weighted by atomic mass is 16.2. The number of carbonyl (C=O) groups is 1. The first-order valence-corrected chi connectivity index (χ1v) is 6.71. The molecule has 2 atom stereocenters. The Kier molecular flexibility index (Phi) is 4.02. The van der Waals surface area contributed by atoms with Gasteiger partial charge in [0.15, 0.2) is 0 Å². The lowest BCUT2D eigenvalue weighted by Crippen LogP contribution is -2.32. The van der Waals surface area contributed by atoms with E-state index >= 15 is 0 Å². The Labute approximate surface area is 109 Å². The molecule has 0 saturated carbocycles. The average molecular weight is 246 g/mol. The van der Waals surface area contributed by atoms with Crippen LogP contribution in [0.25, 0.3) is 0 Å². The minimum Gasteiger partial charge on any atom is -0.322 e. The minimum atomic E-state index is -0.0811. The summed E-state index contributed by atoms with van der Waals surface area (Å²) in [6.45, 7) is 7.14. The van der Waals surface area contributed by atoms with Gasteiger partial charge in [0.1, 0.15) is 6.17 Å². The quantitative estimate of drug-likeness (QED) is 0.885. The van der Waals surface area contributed by atoms with Gasteiger partial charge in [-0.1, -0.05) is 44.2 Å². The molecular formula is C15H22N2O. The van der Waals surface area contributed by atoms with Gasteiger partial charge in [-0.2, -0.15) is 0 Å². The molecular weight excluding hydrogens is 224 g/mol. The summed E-state index contributed by atoms with van der Waals surface area (Å²) in [5, 5.41) is 3.37. The molecule has 1 saturated heterocycles. The molecule has 1 amide bonds. The number of hydrogen-bond acceptors (Lipinski definition) is 2. The summed E-state index contributed by atoms with van der Waals surface area (Å²) in [6.07, 6.45) is 1.08. The molecule has 1 aromatic rings. The Bertz CT molecular complexity index is 402. The standard InChI is InChI=1S/C15H22N2O/c1-11(2)9-10-17-14(16-12(3)15(17)18)13-7-5-4-6-8-13/h4-8,11-12,14,16H,9-10H2,1-3H3. The third kappa shape index (κ3) is 2.72. The third-order valence-electron chi connectivity index (χ3n) is 3.44. The summed E-state index contributed by atoms with van der Waals surface area (Å²) in [4.78, 5) is 14.1. The van der Waals surface area contributed by atoms with Crippen molar-refractivity contribution in [1.29, 1.82) is 0 Å². The Morgan fingerprint density at radius 2 is 1.94 bits per heavy atom. The molecule has 1 N–H and O–H groups in total. The molecule has 0 aliphatic carbocycles. The molecule has 98 valence electrons. The van der Waals surface area contributed by atoms with E-state index in [-0.39, 0.29) is 18.1 Å². The van der Waals surface area contributed by atoms with Crippen LogP contribution >= 0.6 is 0 Å². The number of hydrogen-bond donors (Lipinski definition) is 1. The second kappa shape index (κ2) is 5.53. The average Bonchev–Trinajstić information content (AvgIpc) is 2.64. The van der Waals surface area contributed by atoms with Crippen molar-refractivity contribution in [3.8, 4) is 0 Å². The Balaban J connectivity index is 2.15. The predicted octanol–water partition coefficient (Wildman–Crippen LogP) is 2.55. The van der Waals surface area contributed by atoms with Crippen molar-refractivity contribution in [2.24, 2.45) is 5.92 Å². The molecule has 1 fully saturated rings. The first-order valence-electron chi connectivity index (χ1n) is 6.71. The lowest BCUT2D eigenvalue weighted by molar-refractivity contribution is -0.130. The molecule has 0 spiro atoms. The molecule has 3 nitrogen and oxygen atoms in total. The van der Waals surface area contributed by atoms with E-state index in [2.05, 4.69) is 31.3 Å².